The van der Waals surface area contributed by atoms with Crippen LogP contribution in [0.2, 0.25) is 5.02 Å². The number of carbonyl (C=O) groups is 1. The Labute approximate surface area is 188 Å². The fourth-order valence-corrected chi connectivity index (χ4v) is 4.16. The number of hydrogen-bond acceptors (Lipinski definition) is 5. The zero-order valence-electron chi connectivity index (χ0n) is 17.6. The first-order valence-electron chi connectivity index (χ1n) is 10.9. The van der Waals surface area contributed by atoms with Crippen LogP contribution in [0.25, 0.3) is 0 Å². The maximum absolute atomic E-state index is 12.6. The molecule has 1 N–H and O–H groups in total. The maximum Gasteiger partial charge on any atom is 0.223 e. The second-order valence-electron chi connectivity index (χ2n) is 8.01. The summed E-state index contributed by atoms with van der Waals surface area (Å²) >= 11 is 5.89. The van der Waals surface area contributed by atoms with Gasteiger partial charge in [-0.15, -0.1) is 0 Å². The molecule has 31 heavy (non-hydrogen) atoms. The molecule has 0 bridgehead atoms. The number of carbonyl (C=O) groups excluding carboxylic acids is 1. The average molecular weight is 445 g/mol. The summed E-state index contributed by atoms with van der Waals surface area (Å²) in [4.78, 5) is 15.0. The van der Waals surface area contributed by atoms with Gasteiger partial charge in [-0.1, -0.05) is 17.7 Å². The van der Waals surface area contributed by atoms with Gasteiger partial charge in [0.15, 0.2) is 11.5 Å². The van der Waals surface area contributed by atoms with Crippen molar-refractivity contribution in [1.82, 2.24) is 10.2 Å². The van der Waals surface area contributed by atoms with Crippen molar-refractivity contribution in [2.45, 2.75) is 31.7 Å². The van der Waals surface area contributed by atoms with Gasteiger partial charge < -0.3 is 24.4 Å². The molecule has 0 spiro atoms. The minimum atomic E-state index is -0.00398. The molecule has 6 nitrogen and oxygen atoms in total. The molecule has 166 valence electrons. The highest BCUT2D eigenvalue weighted by Crippen LogP contribution is 2.31. The number of ether oxygens (including phenoxy) is 3. The number of amides is 1. The summed E-state index contributed by atoms with van der Waals surface area (Å²) in [5.74, 6) is 2.28. The van der Waals surface area contributed by atoms with E-state index in [1.807, 2.05) is 12.1 Å². The summed E-state index contributed by atoms with van der Waals surface area (Å²) in [5, 5.41) is 3.88. The quantitative estimate of drug-likeness (QED) is 0.639. The standard InChI is InChI=1S/C24H29ClN2O4/c25-19-4-6-21(7-5-19)29-12-9-24(28)26-20(17-27-10-1-2-11-27)15-18-3-8-22-23(16-18)31-14-13-30-22/h3-8,16,20H,1-2,9-15,17H2,(H,26,28). The molecule has 0 saturated carbocycles. The van der Waals surface area contributed by atoms with E-state index >= 15 is 0 Å². The van der Waals surface area contributed by atoms with E-state index in [9.17, 15) is 4.79 Å². The first-order valence-corrected chi connectivity index (χ1v) is 11.3. The molecule has 2 aliphatic heterocycles. The molecule has 0 radical (unpaired) electrons. The van der Waals surface area contributed by atoms with Crippen molar-refractivity contribution in [1.29, 1.82) is 0 Å². The lowest BCUT2D eigenvalue weighted by Gasteiger charge is -2.25. The summed E-state index contributed by atoms with van der Waals surface area (Å²) in [6.07, 6.45) is 3.50. The minimum Gasteiger partial charge on any atom is -0.493 e. The number of likely N-dealkylation sites (tertiary alicyclic amines) is 1. The van der Waals surface area contributed by atoms with Gasteiger partial charge in [0.25, 0.3) is 0 Å². The van der Waals surface area contributed by atoms with Crippen molar-refractivity contribution >= 4 is 17.5 Å². The SMILES string of the molecule is O=C(CCOc1ccc(Cl)cc1)NC(Cc1ccc2c(c1)OCCO2)CN1CCCC1. The average Bonchev–Trinajstić information content (AvgIpc) is 3.28. The first-order chi connectivity index (χ1) is 15.2. The maximum atomic E-state index is 12.6. The van der Waals surface area contributed by atoms with E-state index in [0.29, 0.717) is 37.0 Å². The third-order valence-corrected chi connectivity index (χ3v) is 5.79. The van der Waals surface area contributed by atoms with Gasteiger partial charge in [0.2, 0.25) is 5.91 Å². The van der Waals surface area contributed by atoms with E-state index in [4.69, 9.17) is 25.8 Å². The zero-order valence-corrected chi connectivity index (χ0v) is 18.4. The Morgan fingerprint density at radius 2 is 1.81 bits per heavy atom. The van der Waals surface area contributed by atoms with Gasteiger partial charge >= 0.3 is 0 Å². The molecule has 0 aliphatic carbocycles. The Balaban J connectivity index is 1.32. The molecule has 0 aromatic heterocycles. The molecule has 2 aromatic rings. The van der Waals surface area contributed by atoms with Gasteiger partial charge in [-0.05, 0) is 74.3 Å². The Kier molecular flexibility index (Phi) is 7.54. The molecular formula is C24H29ClN2O4. The summed E-state index contributed by atoms with van der Waals surface area (Å²) in [6.45, 7) is 4.50. The van der Waals surface area contributed by atoms with Gasteiger partial charge in [0, 0.05) is 17.6 Å². The second kappa shape index (κ2) is 10.7. The molecular weight excluding hydrogens is 416 g/mol. The van der Waals surface area contributed by atoms with E-state index in [0.717, 1.165) is 43.1 Å². The summed E-state index contributed by atoms with van der Waals surface area (Å²) in [7, 11) is 0. The first kappa shape index (κ1) is 21.8. The van der Waals surface area contributed by atoms with Crippen LogP contribution in [0.5, 0.6) is 17.2 Å². The monoisotopic (exact) mass is 444 g/mol. The largest absolute Gasteiger partial charge is 0.493 e. The van der Waals surface area contributed by atoms with E-state index in [2.05, 4.69) is 16.3 Å². The molecule has 2 aromatic carbocycles. The zero-order chi connectivity index (χ0) is 21.5. The topological polar surface area (TPSA) is 60.0 Å². The van der Waals surface area contributed by atoms with Gasteiger partial charge in [-0.2, -0.15) is 0 Å². The lowest BCUT2D eigenvalue weighted by Crippen LogP contribution is -2.44. The van der Waals surface area contributed by atoms with Gasteiger partial charge in [-0.3, -0.25) is 4.79 Å². The lowest BCUT2D eigenvalue weighted by atomic mass is 10.0. The van der Waals surface area contributed by atoms with Crippen LogP contribution in [0.4, 0.5) is 0 Å². The summed E-state index contributed by atoms with van der Waals surface area (Å²) in [6, 6.07) is 13.2. The number of benzene rings is 2. The molecule has 1 amide bonds. The van der Waals surface area contributed by atoms with Crippen molar-refractivity contribution < 1.29 is 19.0 Å². The second-order valence-corrected chi connectivity index (χ2v) is 8.44. The Bertz CT molecular complexity index is 868. The molecule has 7 heteroatoms. The predicted molar refractivity (Wildman–Crippen MR) is 120 cm³/mol. The number of rotatable bonds is 9. The third kappa shape index (κ3) is 6.52. The van der Waals surface area contributed by atoms with E-state index in [1.54, 1.807) is 24.3 Å². The van der Waals surface area contributed by atoms with Crippen LogP contribution in [0.1, 0.15) is 24.8 Å². The highest BCUT2D eigenvalue weighted by molar-refractivity contribution is 6.30. The molecule has 2 heterocycles. The van der Waals surface area contributed by atoms with Crippen LogP contribution < -0.4 is 19.5 Å². The molecule has 1 saturated heterocycles. The predicted octanol–water partition coefficient (Wildman–Crippen LogP) is 3.70. The Morgan fingerprint density at radius 1 is 1.06 bits per heavy atom. The molecule has 2 aliphatic rings. The van der Waals surface area contributed by atoms with Gasteiger partial charge in [-0.25, -0.2) is 0 Å². The van der Waals surface area contributed by atoms with Crippen molar-refractivity contribution in [2.24, 2.45) is 0 Å². The number of hydrogen-bond donors (Lipinski definition) is 1. The van der Waals surface area contributed by atoms with Crippen LogP contribution in [0.15, 0.2) is 42.5 Å². The van der Waals surface area contributed by atoms with Gasteiger partial charge in [0.05, 0.1) is 13.0 Å². The van der Waals surface area contributed by atoms with E-state index < -0.39 is 0 Å². The van der Waals surface area contributed by atoms with Crippen molar-refractivity contribution in [3.05, 3.63) is 53.1 Å². The Morgan fingerprint density at radius 3 is 2.58 bits per heavy atom. The fraction of sp³-hybridized carbons (Fsp3) is 0.458. The summed E-state index contributed by atoms with van der Waals surface area (Å²) in [5.41, 5.74) is 1.13. The molecule has 1 unspecified atom stereocenters. The van der Waals surface area contributed by atoms with Crippen LogP contribution in [-0.4, -0.2) is 56.3 Å². The van der Waals surface area contributed by atoms with Crippen molar-refractivity contribution in [3.63, 3.8) is 0 Å². The normalized spacial score (nSPS) is 16.7. The third-order valence-electron chi connectivity index (χ3n) is 5.54. The number of halogens is 1. The number of fused-ring (bicyclic) bond motifs is 1. The van der Waals surface area contributed by atoms with Crippen molar-refractivity contribution in [3.8, 4) is 17.2 Å². The smallest absolute Gasteiger partial charge is 0.223 e. The molecule has 1 atom stereocenters. The van der Waals surface area contributed by atoms with Crippen LogP contribution in [0.3, 0.4) is 0 Å². The van der Waals surface area contributed by atoms with E-state index in [-0.39, 0.29) is 11.9 Å². The van der Waals surface area contributed by atoms with E-state index in [1.165, 1.54) is 12.8 Å². The molecule has 1 fully saturated rings. The van der Waals surface area contributed by atoms with Crippen LogP contribution in [-0.2, 0) is 11.2 Å². The summed E-state index contributed by atoms with van der Waals surface area (Å²) < 4.78 is 17.0. The fourth-order valence-electron chi connectivity index (χ4n) is 4.03. The number of nitrogens with one attached hydrogen (secondary N) is 1. The van der Waals surface area contributed by atoms with Crippen molar-refractivity contribution in [2.75, 3.05) is 39.5 Å². The lowest BCUT2D eigenvalue weighted by molar-refractivity contribution is -0.122. The number of nitrogens with zero attached hydrogens (tertiary/aromatic N) is 1. The highest BCUT2D eigenvalue weighted by atomic mass is 35.5. The van der Waals surface area contributed by atoms with Crippen LogP contribution in [0, 0.1) is 0 Å². The Hall–Kier alpha value is -2.44. The highest BCUT2D eigenvalue weighted by Gasteiger charge is 2.21. The van der Waals surface area contributed by atoms with Crippen LogP contribution >= 0.6 is 11.6 Å². The minimum absolute atomic E-state index is 0.00398. The molecule has 4 rings (SSSR count). The van der Waals surface area contributed by atoms with Gasteiger partial charge in [0.1, 0.15) is 19.0 Å².